The van der Waals surface area contributed by atoms with Gasteiger partial charge in [0.25, 0.3) is 0 Å². The number of sulfone groups is 1. The van der Waals surface area contributed by atoms with Crippen molar-refractivity contribution in [2.45, 2.75) is 68.4 Å². The van der Waals surface area contributed by atoms with E-state index in [1.165, 1.54) is 6.20 Å². The van der Waals surface area contributed by atoms with E-state index in [2.05, 4.69) is 11.1 Å². The van der Waals surface area contributed by atoms with Crippen LogP contribution in [-0.4, -0.2) is 18.7 Å². The monoisotopic (exact) mass is 320 g/mol. The minimum Gasteiger partial charge on any atom is -0.263 e. The summed E-state index contributed by atoms with van der Waals surface area (Å²) in [5, 5.41) is 8.72. The highest BCUT2D eigenvalue weighted by Crippen LogP contribution is 2.32. The van der Waals surface area contributed by atoms with E-state index >= 15 is 0 Å². The van der Waals surface area contributed by atoms with Crippen LogP contribution in [0.25, 0.3) is 0 Å². The Labute approximate surface area is 133 Å². The van der Waals surface area contributed by atoms with Crippen molar-refractivity contribution in [3.63, 3.8) is 0 Å². The van der Waals surface area contributed by atoms with Crippen LogP contribution in [0.15, 0.2) is 23.4 Å². The van der Waals surface area contributed by atoms with Crippen LogP contribution in [0, 0.1) is 17.2 Å². The van der Waals surface area contributed by atoms with E-state index in [0.29, 0.717) is 11.3 Å². The number of rotatable bonds is 5. The number of hydrogen-bond donors (Lipinski definition) is 0. The van der Waals surface area contributed by atoms with E-state index in [1.54, 1.807) is 12.3 Å². The molecule has 1 unspecified atom stereocenters. The lowest BCUT2D eigenvalue weighted by Crippen LogP contribution is -2.24. The minimum absolute atomic E-state index is 0.0269. The molecule has 1 saturated carbocycles. The van der Waals surface area contributed by atoms with Crippen LogP contribution in [0.2, 0.25) is 0 Å². The molecule has 4 nitrogen and oxygen atoms in total. The first kappa shape index (κ1) is 17.0. The van der Waals surface area contributed by atoms with Gasteiger partial charge in [-0.2, -0.15) is 5.26 Å². The van der Waals surface area contributed by atoms with Gasteiger partial charge in [0, 0.05) is 24.7 Å². The molecule has 1 aliphatic carbocycles. The van der Waals surface area contributed by atoms with Gasteiger partial charge in [0.05, 0.1) is 16.2 Å². The van der Waals surface area contributed by atoms with E-state index in [-0.39, 0.29) is 17.1 Å². The second-order valence-electron chi connectivity index (χ2n) is 6.47. The highest BCUT2D eigenvalue weighted by Gasteiger charge is 2.30. The number of hydrogen-bond acceptors (Lipinski definition) is 4. The molecule has 0 aliphatic heterocycles. The molecule has 0 amide bonds. The normalized spacial score (nSPS) is 18.1. The molecule has 0 saturated heterocycles. The molecule has 1 aromatic rings. The second-order valence-corrected chi connectivity index (χ2v) is 8.70. The Morgan fingerprint density at radius 2 is 1.95 bits per heavy atom. The lowest BCUT2D eigenvalue weighted by Gasteiger charge is -2.23. The van der Waals surface area contributed by atoms with Crippen LogP contribution < -0.4 is 0 Å². The molecule has 1 atom stereocenters. The summed E-state index contributed by atoms with van der Waals surface area (Å²) in [6, 6.07) is 3.93. The van der Waals surface area contributed by atoms with Gasteiger partial charge in [-0.1, -0.05) is 33.1 Å². The van der Waals surface area contributed by atoms with Crippen LogP contribution in [0.1, 0.15) is 63.9 Å². The summed E-state index contributed by atoms with van der Waals surface area (Å²) in [6.45, 7) is 4.09. The first-order chi connectivity index (χ1) is 10.5. The molecule has 1 heterocycles. The Hall–Kier alpha value is -1.41. The van der Waals surface area contributed by atoms with Crippen molar-refractivity contribution in [1.29, 1.82) is 5.26 Å². The molecule has 120 valence electrons. The molecule has 22 heavy (non-hydrogen) atoms. The van der Waals surface area contributed by atoms with Crippen molar-refractivity contribution in [1.82, 2.24) is 4.98 Å². The van der Waals surface area contributed by atoms with Gasteiger partial charge in [-0.25, -0.2) is 8.42 Å². The smallest absolute Gasteiger partial charge is 0.182 e. The molecule has 2 rings (SSSR count). The number of nitrogens with zero attached hydrogens (tertiary/aromatic N) is 2. The van der Waals surface area contributed by atoms with E-state index < -0.39 is 9.84 Å². The largest absolute Gasteiger partial charge is 0.263 e. The fraction of sp³-hybridized carbons (Fsp3) is 0.647. The molecule has 1 aromatic heterocycles. The first-order valence-corrected chi connectivity index (χ1v) is 9.57. The summed E-state index contributed by atoms with van der Waals surface area (Å²) in [7, 11) is -3.30. The van der Waals surface area contributed by atoms with Crippen LogP contribution in [0.4, 0.5) is 0 Å². The molecule has 0 aromatic carbocycles. The van der Waals surface area contributed by atoms with Crippen molar-refractivity contribution >= 4 is 9.84 Å². The molecule has 0 radical (unpaired) electrons. The minimum atomic E-state index is -3.30. The molecule has 0 bridgehead atoms. The third-order valence-electron chi connectivity index (χ3n) is 4.60. The van der Waals surface area contributed by atoms with E-state index in [1.807, 2.05) is 13.8 Å². The van der Waals surface area contributed by atoms with Crippen LogP contribution in [0.5, 0.6) is 0 Å². The lowest BCUT2D eigenvalue weighted by molar-refractivity contribution is 0.482. The molecule has 0 N–H and O–H groups in total. The van der Waals surface area contributed by atoms with E-state index in [9.17, 15) is 8.42 Å². The van der Waals surface area contributed by atoms with Crippen molar-refractivity contribution in [2.75, 3.05) is 0 Å². The maximum absolute atomic E-state index is 12.8. The summed E-state index contributed by atoms with van der Waals surface area (Å²) in [4.78, 5) is 4.46. The highest BCUT2D eigenvalue weighted by molar-refractivity contribution is 7.92. The zero-order valence-electron chi connectivity index (χ0n) is 13.3. The third kappa shape index (κ3) is 3.67. The Bertz CT molecular complexity index is 641. The maximum atomic E-state index is 12.8. The number of aromatic nitrogens is 1. The first-order valence-electron chi connectivity index (χ1n) is 8.02. The fourth-order valence-electron chi connectivity index (χ4n) is 3.20. The average molecular weight is 320 g/mol. The predicted octanol–water partition coefficient (Wildman–Crippen LogP) is 3.84. The number of pyridine rings is 1. The molecule has 1 fully saturated rings. The van der Waals surface area contributed by atoms with Gasteiger partial charge in [-0.3, -0.25) is 4.98 Å². The second kappa shape index (κ2) is 7.23. The maximum Gasteiger partial charge on any atom is 0.182 e. The fourth-order valence-corrected chi connectivity index (χ4v) is 5.05. The summed E-state index contributed by atoms with van der Waals surface area (Å²) in [6.07, 6.45) is 8.13. The molecule has 1 aliphatic rings. The van der Waals surface area contributed by atoms with Gasteiger partial charge in [0.2, 0.25) is 0 Å². The topological polar surface area (TPSA) is 70.8 Å². The Morgan fingerprint density at radius 1 is 1.27 bits per heavy atom. The van der Waals surface area contributed by atoms with Gasteiger partial charge in [0.1, 0.15) is 0 Å². The predicted molar refractivity (Wildman–Crippen MR) is 86.1 cm³/mol. The summed E-state index contributed by atoms with van der Waals surface area (Å²) in [5.41, 5.74) is 0.855. The van der Waals surface area contributed by atoms with Crippen molar-refractivity contribution in [2.24, 2.45) is 5.92 Å². The van der Waals surface area contributed by atoms with Gasteiger partial charge in [-0.05, 0) is 30.4 Å². The average Bonchev–Trinajstić information content (AvgIpc) is 2.53. The van der Waals surface area contributed by atoms with Crippen molar-refractivity contribution in [3.8, 4) is 6.07 Å². The Balaban J connectivity index is 2.33. The van der Waals surface area contributed by atoms with Crippen LogP contribution in [-0.2, 0) is 9.84 Å². The highest BCUT2D eigenvalue weighted by atomic mass is 32.2. The Morgan fingerprint density at radius 3 is 2.55 bits per heavy atom. The lowest BCUT2D eigenvalue weighted by atomic mass is 9.87. The molecular weight excluding hydrogens is 296 g/mol. The summed E-state index contributed by atoms with van der Waals surface area (Å²) in [5.74, 6) is 0.299. The quantitative estimate of drug-likeness (QED) is 0.826. The third-order valence-corrected chi connectivity index (χ3v) is 6.83. The van der Waals surface area contributed by atoms with E-state index in [4.69, 9.17) is 5.26 Å². The van der Waals surface area contributed by atoms with E-state index in [0.717, 1.165) is 37.7 Å². The van der Waals surface area contributed by atoms with Gasteiger partial charge in [-0.15, -0.1) is 0 Å². The summed E-state index contributed by atoms with van der Waals surface area (Å²) < 4.78 is 25.6. The molecular formula is C17H24N2O2S. The van der Waals surface area contributed by atoms with Crippen LogP contribution in [0.3, 0.4) is 0 Å². The standard InChI is InChI=1S/C17H24N2O2S/c1-13(2)17(8-9-18)14-10-16(12-19-11-14)22(20,21)15-6-4-3-5-7-15/h10-13,15,17H,3-8H2,1-2H3. The summed E-state index contributed by atoms with van der Waals surface area (Å²) >= 11 is 0. The van der Waals surface area contributed by atoms with Crippen molar-refractivity contribution < 1.29 is 8.42 Å². The Kier molecular flexibility index (Phi) is 5.57. The zero-order chi connectivity index (χ0) is 16.2. The van der Waals surface area contributed by atoms with Crippen molar-refractivity contribution in [3.05, 3.63) is 24.0 Å². The van der Waals surface area contributed by atoms with Gasteiger partial charge < -0.3 is 0 Å². The molecule has 0 spiro atoms. The number of nitriles is 1. The zero-order valence-corrected chi connectivity index (χ0v) is 14.1. The SMILES string of the molecule is CC(C)C(CC#N)c1cncc(S(=O)(=O)C2CCCCC2)c1. The van der Waals surface area contributed by atoms with Crippen LogP contribution >= 0.6 is 0 Å². The van der Waals surface area contributed by atoms with Gasteiger partial charge in [0.15, 0.2) is 9.84 Å². The van der Waals surface area contributed by atoms with Gasteiger partial charge >= 0.3 is 0 Å². The molecule has 5 heteroatoms.